The molecular weight excluding hydrogens is 236 g/mol. The molecule has 2 rings (SSSR count). The minimum absolute atomic E-state index is 0.578. The molecule has 2 aliphatic heterocycles. The number of nitrogens with one attached hydrogen (secondary N) is 1. The molecule has 0 aromatic heterocycles. The smallest absolute Gasteiger partial charge is 0.0593 e. The zero-order valence-corrected chi connectivity index (χ0v) is 12.9. The zero-order chi connectivity index (χ0) is 13.6. The van der Waals surface area contributed by atoms with Crippen LogP contribution in [0.25, 0.3) is 0 Å². The Balaban J connectivity index is 1.64. The van der Waals surface area contributed by atoms with Crippen LogP contribution >= 0.6 is 0 Å². The molecule has 1 spiro atoms. The lowest BCUT2D eigenvalue weighted by Gasteiger charge is -2.45. The molecule has 1 atom stereocenters. The highest BCUT2D eigenvalue weighted by Crippen LogP contribution is 2.35. The van der Waals surface area contributed by atoms with Gasteiger partial charge in [-0.3, -0.25) is 0 Å². The van der Waals surface area contributed by atoms with Crippen LogP contribution in [0, 0.1) is 11.3 Å². The summed E-state index contributed by atoms with van der Waals surface area (Å²) in [7, 11) is 0. The van der Waals surface area contributed by atoms with Gasteiger partial charge in [0.25, 0.3) is 0 Å². The van der Waals surface area contributed by atoms with Gasteiger partial charge in [-0.05, 0) is 56.5 Å². The largest absolute Gasteiger partial charge is 0.380 e. The SMILES string of the molecule is CC(C)CCOCCN1CCCC2(CCCNC2)C1. The molecule has 2 aliphatic rings. The second-order valence-electron chi connectivity index (χ2n) is 6.95. The van der Waals surface area contributed by atoms with Crippen LogP contribution in [-0.4, -0.2) is 50.8 Å². The third-order valence-corrected chi connectivity index (χ3v) is 4.69. The first kappa shape index (κ1) is 15.3. The van der Waals surface area contributed by atoms with Crippen LogP contribution in [0.1, 0.15) is 46.0 Å². The lowest BCUT2D eigenvalue weighted by atomic mass is 9.74. The maximum atomic E-state index is 5.77. The topological polar surface area (TPSA) is 24.5 Å². The molecule has 2 heterocycles. The molecular formula is C16H32N2O. The average Bonchev–Trinajstić information content (AvgIpc) is 2.39. The van der Waals surface area contributed by atoms with E-state index < -0.39 is 0 Å². The summed E-state index contributed by atoms with van der Waals surface area (Å²) in [6.07, 6.45) is 6.76. The van der Waals surface area contributed by atoms with Crippen molar-refractivity contribution in [3.63, 3.8) is 0 Å². The predicted octanol–water partition coefficient (Wildman–Crippen LogP) is 2.51. The summed E-state index contributed by atoms with van der Waals surface area (Å²) in [5.74, 6) is 0.756. The van der Waals surface area contributed by atoms with Crippen molar-refractivity contribution in [1.29, 1.82) is 0 Å². The summed E-state index contributed by atoms with van der Waals surface area (Å²) in [5, 5.41) is 3.60. The van der Waals surface area contributed by atoms with Gasteiger partial charge in [-0.15, -0.1) is 0 Å². The van der Waals surface area contributed by atoms with Gasteiger partial charge in [0.15, 0.2) is 0 Å². The third kappa shape index (κ3) is 5.05. The first-order chi connectivity index (χ1) is 9.20. The van der Waals surface area contributed by atoms with E-state index in [1.54, 1.807) is 0 Å². The van der Waals surface area contributed by atoms with Crippen molar-refractivity contribution in [2.75, 3.05) is 45.9 Å². The molecule has 2 fully saturated rings. The van der Waals surface area contributed by atoms with Gasteiger partial charge in [0.1, 0.15) is 0 Å². The van der Waals surface area contributed by atoms with Gasteiger partial charge in [0.2, 0.25) is 0 Å². The van der Waals surface area contributed by atoms with Gasteiger partial charge < -0.3 is 15.0 Å². The Hall–Kier alpha value is -0.120. The number of nitrogens with zero attached hydrogens (tertiary/aromatic N) is 1. The number of rotatable bonds is 6. The fraction of sp³-hybridized carbons (Fsp3) is 1.00. The Kier molecular flexibility index (Phi) is 6.11. The van der Waals surface area contributed by atoms with E-state index >= 15 is 0 Å². The molecule has 0 saturated carbocycles. The first-order valence-corrected chi connectivity index (χ1v) is 8.21. The van der Waals surface area contributed by atoms with Crippen LogP contribution in [0.15, 0.2) is 0 Å². The molecule has 1 unspecified atom stereocenters. The predicted molar refractivity (Wildman–Crippen MR) is 80.5 cm³/mol. The Morgan fingerprint density at radius 3 is 2.79 bits per heavy atom. The molecule has 0 aromatic rings. The Morgan fingerprint density at radius 2 is 2.05 bits per heavy atom. The molecule has 1 N–H and O–H groups in total. The summed E-state index contributed by atoms with van der Waals surface area (Å²) >= 11 is 0. The summed E-state index contributed by atoms with van der Waals surface area (Å²) in [6, 6.07) is 0. The van der Waals surface area contributed by atoms with E-state index in [-0.39, 0.29) is 0 Å². The van der Waals surface area contributed by atoms with Crippen LogP contribution in [0.5, 0.6) is 0 Å². The number of hydrogen-bond acceptors (Lipinski definition) is 3. The molecule has 0 aliphatic carbocycles. The summed E-state index contributed by atoms with van der Waals surface area (Å²) in [5.41, 5.74) is 0.578. The van der Waals surface area contributed by atoms with Crippen molar-refractivity contribution in [3.05, 3.63) is 0 Å². The van der Waals surface area contributed by atoms with Crippen molar-refractivity contribution in [2.45, 2.75) is 46.0 Å². The maximum absolute atomic E-state index is 5.77. The Morgan fingerprint density at radius 1 is 1.21 bits per heavy atom. The first-order valence-electron chi connectivity index (χ1n) is 8.21. The molecule has 0 radical (unpaired) electrons. The maximum Gasteiger partial charge on any atom is 0.0593 e. The van der Waals surface area contributed by atoms with Crippen molar-refractivity contribution in [3.8, 4) is 0 Å². The fourth-order valence-corrected chi connectivity index (χ4v) is 3.49. The molecule has 0 aromatic carbocycles. The molecule has 2 saturated heterocycles. The monoisotopic (exact) mass is 268 g/mol. The molecule has 3 nitrogen and oxygen atoms in total. The minimum Gasteiger partial charge on any atom is -0.380 e. The molecule has 19 heavy (non-hydrogen) atoms. The average molecular weight is 268 g/mol. The van der Waals surface area contributed by atoms with Crippen LogP contribution in [0.2, 0.25) is 0 Å². The highest BCUT2D eigenvalue weighted by atomic mass is 16.5. The third-order valence-electron chi connectivity index (χ3n) is 4.69. The van der Waals surface area contributed by atoms with E-state index in [4.69, 9.17) is 4.74 Å². The van der Waals surface area contributed by atoms with Crippen molar-refractivity contribution < 1.29 is 4.74 Å². The van der Waals surface area contributed by atoms with Crippen LogP contribution < -0.4 is 5.32 Å². The normalized spacial score (nSPS) is 29.2. The standard InChI is InChI=1S/C16H32N2O/c1-15(2)5-11-19-12-10-18-9-4-7-16(14-18)6-3-8-17-13-16/h15,17H,3-14H2,1-2H3. The van der Waals surface area contributed by atoms with Crippen LogP contribution in [0.3, 0.4) is 0 Å². The van der Waals surface area contributed by atoms with E-state index in [0.717, 1.165) is 25.7 Å². The van der Waals surface area contributed by atoms with E-state index in [1.165, 1.54) is 58.3 Å². The Bertz CT molecular complexity index is 244. The van der Waals surface area contributed by atoms with E-state index in [1.807, 2.05) is 0 Å². The van der Waals surface area contributed by atoms with E-state index in [9.17, 15) is 0 Å². The van der Waals surface area contributed by atoms with Gasteiger partial charge in [-0.2, -0.15) is 0 Å². The van der Waals surface area contributed by atoms with Gasteiger partial charge >= 0.3 is 0 Å². The fourth-order valence-electron chi connectivity index (χ4n) is 3.49. The second kappa shape index (κ2) is 7.61. The number of ether oxygens (including phenoxy) is 1. The van der Waals surface area contributed by atoms with Crippen LogP contribution in [-0.2, 0) is 4.74 Å². The number of likely N-dealkylation sites (tertiary alicyclic amines) is 1. The van der Waals surface area contributed by atoms with Crippen molar-refractivity contribution in [2.24, 2.45) is 11.3 Å². The molecule has 112 valence electrons. The quantitative estimate of drug-likeness (QED) is 0.749. The highest BCUT2D eigenvalue weighted by Gasteiger charge is 2.36. The van der Waals surface area contributed by atoms with Crippen molar-refractivity contribution in [1.82, 2.24) is 10.2 Å². The molecule has 0 amide bonds. The lowest BCUT2D eigenvalue weighted by Crippen LogP contribution is -2.51. The Labute approximate surface area is 119 Å². The minimum atomic E-state index is 0.578. The summed E-state index contributed by atoms with van der Waals surface area (Å²) in [6.45, 7) is 12.5. The lowest BCUT2D eigenvalue weighted by molar-refractivity contribution is 0.0361. The van der Waals surface area contributed by atoms with Crippen molar-refractivity contribution >= 4 is 0 Å². The summed E-state index contributed by atoms with van der Waals surface area (Å²) < 4.78 is 5.77. The van der Waals surface area contributed by atoms with Gasteiger partial charge in [-0.25, -0.2) is 0 Å². The zero-order valence-electron chi connectivity index (χ0n) is 12.9. The number of piperidine rings is 2. The number of hydrogen-bond donors (Lipinski definition) is 1. The molecule has 3 heteroatoms. The summed E-state index contributed by atoms with van der Waals surface area (Å²) in [4.78, 5) is 2.63. The van der Waals surface area contributed by atoms with Gasteiger partial charge in [0.05, 0.1) is 6.61 Å². The second-order valence-corrected chi connectivity index (χ2v) is 6.95. The van der Waals surface area contributed by atoms with Gasteiger partial charge in [0, 0.05) is 26.2 Å². The van der Waals surface area contributed by atoms with E-state index in [2.05, 4.69) is 24.1 Å². The molecule has 0 bridgehead atoms. The van der Waals surface area contributed by atoms with Crippen LogP contribution in [0.4, 0.5) is 0 Å². The van der Waals surface area contributed by atoms with Gasteiger partial charge in [-0.1, -0.05) is 13.8 Å². The van der Waals surface area contributed by atoms with E-state index in [0.29, 0.717) is 5.41 Å². The highest BCUT2D eigenvalue weighted by molar-refractivity contribution is 4.91.